The summed E-state index contributed by atoms with van der Waals surface area (Å²) in [7, 11) is 1.29. The standard InChI is InChI=1S/C23H25NO4/c1-14-6-12-17(13-7-14)24-19-18(21(25)27-5)20(28-22(19)26)15-8-10-16(11-9-15)23(2,3)4/h6-13,20,24H,1-5H3. The molecular weight excluding hydrogens is 354 g/mol. The highest BCUT2D eigenvalue weighted by atomic mass is 16.6. The lowest BCUT2D eigenvalue weighted by Crippen LogP contribution is -2.15. The Balaban J connectivity index is 1.99. The Bertz CT molecular complexity index is 919. The Hall–Kier alpha value is -3.08. The number of cyclic esters (lactones) is 1. The Kier molecular flexibility index (Phi) is 5.27. The van der Waals surface area contributed by atoms with Crippen LogP contribution in [0.5, 0.6) is 0 Å². The molecule has 0 fully saturated rings. The number of esters is 2. The predicted octanol–water partition coefficient (Wildman–Crippen LogP) is 4.43. The van der Waals surface area contributed by atoms with Gasteiger partial charge in [-0.2, -0.15) is 0 Å². The van der Waals surface area contributed by atoms with Gasteiger partial charge in [-0.3, -0.25) is 0 Å². The van der Waals surface area contributed by atoms with E-state index in [1.54, 1.807) is 0 Å². The SMILES string of the molecule is COC(=O)C1=C(Nc2ccc(C)cc2)C(=O)OC1c1ccc(C(C)(C)C)cc1. The number of carbonyl (C=O) groups excluding carboxylic acids is 2. The maximum atomic E-state index is 12.5. The molecular formula is C23H25NO4. The van der Waals surface area contributed by atoms with Gasteiger partial charge in [0.2, 0.25) is 0 Å². The van der Waals surface area contributed by atoms with Gasteiger partial charge in [0.25, 0.3) is 0 Å². The smallest absolute Gasteiger partial charge is 0.356 e. The van der Waals surface area contributed by atoms with E-state index < -0.39 is 18.0 Å². The van der Waals surface area contributed by atoms with E-state index in [4.69, 9.17) is 9.47 Å². The molecule has 1 aliphatic heterocycles. The van der Waals surface area contributed by atoms with Crippen molar-refractivity contribution in [2.75, 3.05) is 12.4 Å². The van der Waals surface area contributed by atoms with E-state index in [1.807, 2.05) is 55.5 Å². The molecule has 1 heterocycles. The summed E-state index contributed by atoms with van der Waals surface area (Å²) in [5.74, 6) is -1.17. The zero-order chi connectivity index (χ0) is 20.5. The molecule has 0 amide bonds. The monoisotopic (exact) mass is 379 g/mol. The fraction of sp³-hybridized carbons (Fsp3) is 0.304. The van der Waals surface area contributed by atoms with Gasteiger partial charge >= 0.3 is 11.9 Å². The second-order valence-electron chi connectivity index (χ2n) is 7.93. The maximum Gasteiger partial charge on any atom is 0.356 e. The first kappa shape index (κ1) is 19.7. The van der Waals surface area contributed by atoms with Crippen LogP contribution < -0.4 is 5.32 Å². The van der Waals surface area contributed by atoms with E-state index in [0.717, 1.165) is 16.7 Å². The minimum Gasteiger partial charge on any atom is -0.465 e. The predicted molar refractivity (Wildman–Crippen MR) is 108 cm³/mol. The third kappa shape index (κ3) is 3.93. The highest BCUT2D eigenvalue weighted by molar-refractivity contribution is 6.06. The van der Waals surface area contributed by atoms with Gasteiger partial charge in [-0.25, -0.2) is 9.59 Å². The number of hydrogen-bond donors (Lipinski definition) is 1. The second-order valence-corrected chi connectivity index (χ2v) is 7.93. The van der Waals surface area contributed by atoms with Crippen LogP contribution in [-0.4, -0.2) is 19.0 Å². The number of benzene rings is 2. The van der Waals surface area contributed by atoms with Crippen LogP contribution >= 0.6 is 0 Å². The van der Waals surface area contributed by atoms with Crippen molar-refractivity contribution in [2.45, 2.75) is 39.2 Å². The molecule has 0 saturated carbocycles. The second kappa shape index (κ2) is 7.50. The van der Waals surface area contributed by atoms with Crippen molar-refractivity contribution in [3.05, 3.63) is 76.5 Å². The average molecular weight is 379 g/mol. The fourth-order valence-electron chi connectivity index (χ4n) is 3.08. The Labute approximate surface area is 165 Å². The molecule has 28 heavy (non-hydrogen) atoms. The van der Waals surface area contributed by atoms with Gasteiger partial charge < -0.3 is 14.8 Å². The van der Waals surface area contributed by atoms with Crippen LogP contribution in [0.3, 0.4) is 0 Å². The topological polar surface area (TPSA) is 64.6 Å². The van der Waals surface area contributed by atoms with Crippen molar-refractivity contribution in [3.63, 3.8) is 0 Å². The first-order valence-corrected chi connectivity index (χ1v) is 9.18. The van der Waals surface area contributed by atoms with Crippen molar-refractivity contribution in [1.82, 2.24) is 0 Å². The molecule has 1 aliphatic rings. The van der Waals surface area contributed by atoms with E-state index in [0.29, 0.717) is 5.69 Å². The van der Waals surface area contributed by atoms with Crippen molar-refractivity contribution in [3.8, 4) is 0 Å². The highest BCUT2D eigenvalue weighted by Gasteiger charge is 2.40. The van der Waals surface area contributed by atoms with Crippen LogP contribution in [0.25, 0.3) is 0 Å². The van der Waals surface area contributed by atoms with Crippen LogP contribution in [0.2, 0.25) is 0 Å². The molecule has 0 spiro atoms. The molecule has 1 unspecified atom stereocenters. The number of nitrogens with one attached hydrogen (secondary N) is 1. The summed E-state index contributed by atoms with van der Waals surface area (Å²) in [5, 5.41) is 3.02. The van der Waals surface area contributed by atoms with Crippen LogP contribution in [0.15, 0.2) is 59.8 Å². The zero-order valence-corrected chi connectivity index (χ0v) is 16.8. The van der Waals surface area contributed by atoms with Crippen LogP contribution in [0.4, 0.5) is 5.69 Å². The lowest BCUT2D eigenvalue weighted by Gasteiger charge is -2.20. The van der Waals surface area contributed by atoms with Crippen molar-refractivity contribution >= 4 is 17.6 Å². The summed E-state index contributed by atoms with van der Waals surface area (Å²) in [6, 6.07) is 15.3. The van der Waals surface area contributed by atoms with E-state index >= 15 is 0 Å². The lowest BCUT2D eigenvalue weighted by molar-refractivity contribution is -0.141. The molecule has 0 aromatic heterocycles. The summed E-state index contributed by atoms with van der Waals surface area (Å²) in [4.78, 5) is 25.0. The van der Waals surface area contributed by atoms with E-state index in [-0.39, 0.29) is 16.7 Å². The Morgan fingerprint density at radius 2 is 1.64 bits per heavy atom. The van der Waals surface area contributed by atoms with Gasteiger partial charge in [0.1, 0.15) is 11.3 Å². The summed E-state index contributed by atoms with van der Waals surface area (Å²) in [6.45, 7) is 8.35. The molecule has 0 saturated heterocycles. The van der Waals surface area contributed by atoms with Gasteiger partial charge in [-0.05, 0) is 35.6 Å². The number of ether oxygens (including phenoxy) is 2. The molecule has 3 rings (SSSR count). The number of hydrogen-bond acceptors (Lipinski definition) is 5. The summed E-state index contributed by atoms with van der Waals surface area (Å²) in [6.07, 6.45) is -0.804. The molecule has 5 nitrogen and oxygen atoms in total. The molecule has 1 N–H and O–H groups in total. The van der Waals surface area contributed by atoms with Gasteiger partial charge in [-0.1, -0.05) is 62.7 Å². The van der Waals surface area contributed by atoms with Gasteiger partial charge in [0.05, 0.1) is 7.11 Å². The number of anilines is 1. The number of methoxy groups -OCH3 is 1. The molecule has 146 valence electrons. The number of carbonyl (C=O) groups is 2. The Morgan fingerprint density at radius 3 is 2.18 bits per heavy atom. The maximum absolute atomic E-state index is 12.5. The molecule has 0 radical (unpaired) electrons. The summed E-state index contributed by atoms with van der Waals surface area (Å²) >= 11 is 0. The lowest BCUT2D eigenvalue weighted by atomic mass is 9.86. The zero-order valence-electron chi connectivity index (χ0n) is 16.8. The van der Waals surface area contributed by atoms with Gasteiger partial charge in [-0.15, -0.1) is 0 Å². The molecule has 2 aromatic carbocycles. The van der Waals surface area contributed by atoms with Crippen molar-refractivity contribution in [2.24, 2.45) is 0 Å². The van der Waals surface area contributed by atoms with E-state index in [9.17, 15) is 9.59 Å². The molecule has 0 bridgehead atoms. The van der Waals surface area contributed by atoms with Crippen molar-refractivity contribution in [1.29, 1.82) is 0 Å². The molecule has 1 atom stereocenters. The number of rotatable bonds is 4. The highest BCUT2D eigenvalue weighted by Crippen LogP contribution is 2.37. The minimum absolute atomic E-state index is 0.00402. The van der Waals surface area contributed by atoms with Gasteiger partial charge in [0, 0.05) is 5.69 Å². The number of aryl methyl sites for hydroxylation is 1. The van der Waals surface area contributed by atoms with Crippen LogP contribution in [-0.2, 0) is 24.5 Å². The largest absolute Gasteiger partial charge is 0.465 e. The van der Waals surface area contributed by atoms with Crippen molar-refractivity contribution < 1.29 is 19.1 Å². The Morgan fingerprint density at radius 1 is 1.04 bits per heavy atom. The molecule has 2 aromatic rings. The third-order valence-electron chi connectivity index (χ3n) is 4.77. The normalized spacial score (nSPS) is 16.8. The molecule has 0 aliphatic carbocycles. The fourth-order valence-corrected chi connectivity index (χ4v) is 3.08. The van der Waals surface area contributed by atoms with Gasteiger partial charge in [0.15, 0.2) is 6.10 Å². The van der Waals surface area contributed by atoms with E-state index in [1.165, 1.54) is 7.11 Å². The van der Waals surface area contributed by atoms with E-state index in [2.05, 4.69) is 26.1 Å². The summed E-state index contributed by atoms with van der Waals surface area (Å²) in [5.41, 5.74) is 3.97. The first-order valence-electron chi connectivity index (χ1n) is 9.18. The van der Waals surface area contributed by atoms with Crippen LogP contribution in [0.1, 0.15) is 43.6 Å². The minimum atomic E-state index is -0.804. The average Bonchev–Trinajstić information content (AvgIpc) is 2.98. The summed E-state index contributed by atoms with van der Waals surface area (Å²) < 4.78 is 10.5. The quantitative estimate of drug-likeness (QED) is 0.796. The van der Waals surface area contributed by atoms with Crippen LogP contribution in [0, 0.1) is 6.92 Å². The molecule has 5 heteroatoms. The first-order chi connectivity index (χ1) is 13.2. The third-order valence-corrected chi connectivity index (χ3v) is 4.77.